The van der Waals surface area contributed by atoms with Crippen LogP contribution in [0.2, 0.25) is 0 Å². The van der Waals surface area contributed by atoms with Crippen LogP contribution in [0.3, 0.4) is 0 Å². The first-order chi connectivity index (χ1) is 14.4. The predicted octanol–water partition coefficient (Wildman–Crippen LogP) is 3.20. The summed E-state index contributed by atoms with van der Waals surface area (Å²) in [6.45, 7) is 5.73. The second-order valence-electron chi connectivity index (χ2n) is 7.28. The lowest BCUT2D eigenvalue weighted by Crippen LogP contribution is -2.28. The third-order valence-corrected chi connectivity index (χ3v) is 4.73. The summed E-state index contributed by atoms with van der Waals surface area (Å²) >= 11 is 0. The zero-order chi connectivity index (χ0) is 21.3. The summed E-state index contributed by atoms with van der Waals surface area (Å²) in [5, 5.41) is 10.2. The van der Waals surface area contributed by atoms with Gasteiger partial charge in [0.1, 0.15) is 12.4 Å². The Morgan fingerprint density at radius 3 is 2.47 bits per heavy atom. The molecule has 0 saturated carbocycles. The number of hydrogen-bond acceptors (Lipinski definition) is 5. The molecule has 2 aromatic carbocycles. The van der Waals surface area contributed by atoms with E-state index < -0.39 is 5.69 Å². The van der Waals surface area contributed by atoms with Crippen LogP contribution in [0, 0.1) is 20.8 Å². The molecule has 0 spiro atoms. The van der Waals surface area contributed by atoms with Crippen molar-refractivity contribution in [2.45, 2.75) is 27.3 Å². The van der Waals surface area contributed by atoms with Gasteiger partial charge in [-0.05, 0) is 50.6 Å². The maximum absolute atomic E-state index is 12.6. The van der Waals surface area contributed by atoms with Gasteiger partial charge >= 0.3 is 5.69 Å². The SMILES string of the molecule is Cc1ccc(Nc2ccn3c(=O)n(CC(=O)Nc4ccc(C)cc4C)nc3n2)cc1. The summed E-state index contributed by atoms with van der Waals surface area (Å²) in [6.07, 6.45) is 1.59. The highest BCUT2D eigenvalue weighted by Gasteiger charge is 2.13. The molecule has 0 atom stereocenters. The topological polar surface area (TPSA) is 93.3 Å². The van der Waals surface area contributed by atoms with Gasteiger partial charge in [0.15, 0.2) is 0 Å². The summed E-state index contributed by atoms with van der Waals surface area (Å²) in [6, 6.07) is 15.3. The quantitative estimate of drug-likeness (QED) is 0.535. The van der Waals surface area contributed by atoms with Crippen molar-refractivity contribution in [2.24, 2.45) is 0 Å². The number of rotatable bonds is 5. The first-order valence-corrected chi connectivity index (χ1v) is 9.56. The van der Waals surface area contributed by atoms with Crippen LogP contribution in [0.1, 0.15) is 16.7 Å². The largest absolute Gasteiger partial charge is 0.352 e. The van der Waals surface area contributed by atoms with Crippen LogP contribution >= 0.6 is 0 Å². The van der Waals surface area contributed by atoms with E-state index in [0.717, 1.165) is 27.1 Å². The number of fused-ring (bicyclic) bond motifs is 1. The lowest BCUT2D eigenvalue weighted by Gasteiger charge is -2.08. The Kier molecular flexibility index (Phi) is 5.05. The molecule has 0 fully saturated rings. The van der Waals surface area contributed by atoms with E-state index in [2.05, 4.69) is 20.7 Å². The Hall–Kier alpha value is -3.94. The van der Waals surface area contributed by atoms with E-state index in [1.807, 2.05) is 63.2 Å². The number of amides is 1. The van der Waals surface area contributed by atoms with E-state index in [4.69, 9.17) is 0 Å². The minimum atomic E-state index is -0.421. The molecule has 0 saturated heterocycles. The van der Waals surface area contributed by atoms with Crippen LogP contribution in [0.5, 0.6) is 0 Å². The minimum Gasteiger partial charge on any atom is -0.340 e. The van der Waals surface area contributed by atoms with Crippen molar-refractivity contribution in [1.29, 1.82) is 0 Å². The molecule has 0 radical (unpaired) electrons. The molecule has 30 heavy (non-hydrogen) atoms. The van der Waals surface area contributed by atoms with Crippen LogP contribution < -0.4 is 16.3 Å². The Bertz CT molecular complexity index is 1290. The number of nitrogens with zero attached hydrogens (tertiary/aromatic N) is 4. The van der Waals surface area contributed by atoms with Crippen molar-refractivity contribution < 1.29 is 4.79 Å². The highest BCUT2D eigenvalue weighted by atomic mass is 16.2. The van der Waals surface area contributed by atoms with Gasteiger partial charge in [0.05, 0.1) is 0 Å². The van der Waals surface area contributed by atoms with Crippen LogP contribution in [0.25, 0.3) is 5.78 Å². The molecule has 2 N–H and O–H groups in total. The molecule has 8 nitrogen and oxygen atoms in total. The van der Waals surface area contributed by atoms with Gasteiger partial charge in [-0.3, -0.25) is 4.79 Å². The van der Waals surface area contributed by atoms with Gasteiger partial charge in [-0.15, -0.1) is 5.10 Å². The number of carbonyl (C=O) groups excluding carboxylic acids is 1. The molecule has 0 aliphatic heterocycles. The molecule has 1 amide bonds. The summed E-state index contributed by atoms with van der Waals surface area (Å²) in [7, 11) is 0. The van der Waals surface area contributed by atoms with E-state index in [0.29, 0.717) is 11.5 Å². The van der Waals surface area contributed by atoms with E-state index in [-0.39, 0.29) is 18.2 Å². The number of hydrogen-bond donors (Lipinski definition) is 2. The summed E-state index contributed by atoms with van der Waals surface area (Å²) in [5.74, 6) is 0.449. The zero-order valence-electron chi connectivity index (χ0n) is 17.0. The molecular weight excluding hydrogens is 380 g/mol. The highest BCUT2D eigenvalue weighted by molar-refractivity contribution is 5.91. The second kappa shape index (κ2) is 7.82. The Morgan fingerprint density at radius 2 is 1.73 bits per heavy atom. The van der Waals surface area contributed by atoms with Gasteiger partial charge in [-0.25, -0.2) is 13.9 Å². The van der Waals surface area contributed by atoms with E-state index in [9.17, 15) is 9.59 Å². The lowest BCUT2D eigenvalue weighted by molar-refractivity contribution is -0.117. The van der Waals surface area contributed by atoms with E-state index in [1.165, 1.54) is 4.40 Å². The second-order valence-corrected chi connectivity index (χ2v) is 7.28. The Labute approximate surface area is 173 Å². The third-order valence-electron chi connectivity index (χ3n) is 4.73. The van der Waals surface area contributed by atoms with Gasteiger partial charge in [0, 0.05) is 17.6 Å². The summed E-state index contributed by atoms with van der Waals surface area (Å²) < 4.78 is 2.42. The smallest absolute Gasteiger partial charge is 0.340 e. The number of nitrogens with one attached hydrogen (secondary N) is 2. The van der Waals surface area contributed by atoms with Crippen LogP contribution in [0.15, 0.2) is 59.5 Å². The van der Waals surface area contributed by atoms with Gasteiger partial charge < -0.3 is 10.6 Å². The van der Waals surface area contributed by atoms with Crippen molar-refractivity contribution in [3.63, 3.8) is 0 Å². The Balaban J connectivity index is 1.53. The van der Waals surface area contributed by atoms with Crippen LogP contribution in [-0.4, -0.2) is 25.1 Å². The summed E-state index contributed by atoms with van der Waals surface area (Å²) in [4.78, 5) is 29.4. The maximum Gasteiger partial charge on any atom is 0.352 e. The number of benzene rings is 2. The molecule has 8 heteroatoms. The van der Waals surface area contributed by atoms with Crippen molar-refractivity contribution in [3.8, 4) is 0 Å². The molecule has 2 heterocycles. The molecule has 0 aliphatic carbocycles. The van der Waals surface area contributed by atoms with E-state index in [1.54, 1.807) is 12.3 Å². The van der Waals surface area contributed by atoms with Gasteiger partial charge in [-0.2, -0.15) is 4.98 Å². The number of anilines is 3. The highest BCUT2D eigenvalue weighted by Crippen LogP contribution is 2.16. The van der Waals surface area contributed by atoms with Crippen molar-refractivity contribution in [2.75, 3.05) is 10.6 Å². The zero-order valence-corrected chi connectivity index (χ0v) is 17.0. The Morgan fingerprint density at radius 1 is 1.00 bits per heavy atom. The lowest BCUT2D eigenvalue weighted by atomic mass is 10.1. The number of aromatic nitrogens is 4. The van der Waals surface area contributed by atoms with Crippen LogP contribution in [0.4, 0.5) is 17.2 Å². The van der Waals surface area contributed by atoms with Gasteiger partial charge in [-0.1, -0.05) is 35.4 Å². The molecule has 0 aliphatic rings. The fraction of sp³-hybridized carbons (Fsp3) is 0.182. The average Bonchev–Trinajstić information content (AvgIpc) is 3.01. The minimum absolute atomic E-state index is 0.198. The van der Waals surface area contributed by atoms with Gasteiger partial charge in [0.2, 0.25) is 5.91 Å². The monoisotopic (exact) mass is 402 g/mol. The average molecular weight is 402 g/mol. The third kappa shape index (κ3) is 4.07. The maximum atomic E-state index is 12.6. The first kappa shape index (κ1) is 19.4. The first-order valence-electron chi connectivity index (χ1n) is 9.56. The molecule has 4 aromatic rings. The number of carbonyl (C=O) groups is 1. The molecule has 4 rings (SSSR count). The molecule has 152 valence electrons. The van der Waals surface area contributed by atoms with Gasteiger partial charge in [0.25, 0.3) is 5.78 Å². The van der Waals surface area contributed by atoms with Crippen molar-refractivity contribution in [1.82, 2.24) is 19.2 Å². The molecule has 0 bridgehead atoms. The van der Waals surface area contributed by atoms with E-state index >= 15 is 0 Å². The molecule has 0 unspecified atom stereocenters. The van der Waals surface area contributed by atoms with Crippen molar-refractivity contribution in [3.05, 3.63) is 81.9 Å². The normalized spacial score (nSPS) is 10.9. The summed E-state index contributed by atoms with van der Waals surface area (Å²) in [5.41, 5.74) is 4.41. The fourth-order valence-corrected chi connectivity index (χ4v) is 3.14. The molecule has 2 aromatic heterocycles. The van der Waals surface area contributed by atoms with Crippen LogP contribution in [-0.2, 0) is 11.3 Å². The van der Waals surface area contributed by atoms with Crippen molar-refractivity contribution >= 4 is 28.9 Å². The fourth-order valence-electron chi connectivity index (χ4n) is 3.14. The predicted molar refractivity (Wildman–Crippen MR) is 116 cm³/mol. The molecular formula is C22H22N6O2. The standard InChI is InChI=1S/C22H22N6O2/c1-14-4-7-17(8-5-14)23-19-10-11-27-21(25-19)26-28(22(27)30)13-20(29)24-18-9-6-15(2)12-16(18)3/h4-12H,13H2,1-3H3,(H,24,29)(H,23,25,26). The number of aryl methyl sites for hydroxylation is 3.